The fourth-order valence-corrected chi connectivity index (χ4v) is 3.49. The number of amides is 1. The summed E-state index contributed by atoms with van der Waals surface area (Å²) in [6.45, 7) is 3.96. The molecule has 0 radical (unpaired) electrons. The smallest absolute Gasteiger partial charge is 0.251 e. The molecule has 3 aromatic rings. The predicted molar refractivity (Wildman–Crippen MR) is 140 cm³/mol. The lowest BCUT2D eigenvalue weighted by atomic mass is 10.1. The van der Waals surface area contributed by atoms with E-state index >= 15 is 0 Å². The van der Waals surface area contributed by atoms with Crippen LogP contribution in [0.15, 0.2) is 72.8 Å². The molecule has 0 saturated carbocycles. The summed E-state index contributed by atoms with van der Waals surface area (Å²) in [7, 11) is 1.57. The van der Waals surface area contributed by atoms with Crippen molar-refractivity contribution >= 4 is 11.8 Å². The summed E-state index contributed by atoms with van der Waals surface area (Å²) < 4.78 is 22.3. The van der Waals surface area contributed by atoms with E-state index in [4.69, 9.17) is 24.4 Å². The first-order valence-electron chi connectivity index (χ1n) is 12.2. The largest absolute Gasteiger partial charge is 0.494 e. The Morgan fingerprint density at radius 3 is 2.22 bits per heavy atom. The zero-order valence-electron chi connectivity index (χ0n) is 20.9. The standard InChI is InChI=1S/C29H34N2O5/c1-3-34-28(30)23-12-15-25(16-13-23)35-18-8-5-9-19-36-26-17-14-24(20-27(26)33-2)29(32)31-21-22-10-6-4-7-11-22/h4,6-7,10-17,20,30H,3,5,8-9,18-19,21H2,1-2H3,(H,31,32). The molecule has 0 bridgehead atoms. The molecule has 0 heterocycles. The second-order valence-electron chi connectivity index (χ2n) is 8.08. The molecule has 7 nitrogen and oxygen atoms in total. The van der Waals surface area contributed by atoms with Gasteiger partial charge < -0.3 is 24.3 Å². The Hall–Kier alpha value is -4.00. The number of rotatable bonds is 14. The lowest BCUT2D eigenvalue weighted by molar-refractivity contribution is 0.0950. The van der Waals surface area contributed by atoms with Crippen LogP contribution in [0.5, 0.6) is 17.2 Å². The summed E-state index contributed by atoms with van der Waals surface area (Å²) in [6.07, 6.45) is 2.73. The van der Waals surface area contributed by atoms with Gasteiger partial charge in [0.15, 0.2) is 11.5 Å². The Labute approximate surface area is 212 Å². The minimum absolute atomic E-state index is 0.161. The van der Waals surface area contributed by atoms with Crippen LogP contribution in [0.25, 0.3) is 0 Å². The van der Waals surface area contributed by atoms with Crippen molar-refractivity contribution in [2.24, 2.45) is 0 Å². The molecule has 0 aliphatic carbocycles. The van der Waals surface area contributed by atoms with E-state index in [0.717, 1.165) is 36.1 Å². The molecule has 0 spiro atoms. The average molecular weight is 491 g/mol. The van der Waals surface area contributed by atoms with E-state index in [-0.39, 0.29) is 11.8 Å². The summed E-state index contributed by atoms with van der Waals surface area (Å²) in [5.41, 5.74) is 2.30. The molecular weight excluding hydrogens is 456 g/mol. The van der Waals surface area contributed by atoms with Gasteiger partial charge in [0.25, 0.3) is 5.91 Å². The average Bonchev–Trinajstić information content (AvgIpc) is 2.92. The van der Waals surface area contributed by atoms with Gasteiger partial charge in [0.05, 0.1) is 26.9 Å². The molecular formula is C29H34N2O5. The van der Waals surface area contributed by atoms with E-state index in [0.29, 0.717) is 43.4 Å². The van der Waals surface area contributed by atoms with Gasteiger partial charge >= 0.3 is 0 Å². The van der Waals surface area contributed by atoms with Gasteiger partial charge in [0.1, 0.15) is 5.75 Å². The third kappa shape index (κ3) is 8.34. The van der Waals surface area contributed by atoms with E-state index in [2.05, 4.69) is 5.32 Å². The predicted octanol–water partition coefficient (Wildman–Crippen LogP) is 5.62. The number of carbonyl (C=O) groups is 1. The fourth-order valence-electron chi connectivity index (χ4n) is 3.49. The number of benzene rings is 3. The van der Waals surface area contributed by atoms with Gasteiger partial charge in [0, 0.05) is 17.7 Å². The number of methoxy groups -OCH3 is 1. The molecule has 0 aromatic heterocycles. The minimum Gasteiger partial charge on any atom is -0.494 e. The number of hydrogen-bond acceptors (Lipinski definition) is 6. The maximum Gasteiger partial charge on any atom is 0.251 e. The van der Waals surface area contributed by atoms with Gasteiger partial charge in [-0.1, -0.05) is 30.3 Å². The Balaban J connectivity index is 1.35. The molecule has 7 heteroatoms. The van der Waals surface area contributed by atoms with Crippen molar-refractivity contribution in [1.82, 2.24) is 5.32 Å². The molecule has 0 aliphatic rings. The highest BCUT2D eigenvalue weighted by Crippen LogP contribution is 2.28. The molecule has 3 aromatic carbocycles. The molecule has 0 unspecified atom stereocenters. The summed E-state index contributed by atoms with van der Waals surface area (Å²) >= 11 is 0. The molecule has 190 valence electrons. The van der Waals surface area contributed by atoms with E-state index in [1.54, 1.807) is 25.3 Å². The Morgan fingerprint density at radius 1 is 0.833 bits per heavy atom. The van der Waals surface area contributed by atoms with Gasteiger partial charge in [-0.3, -0.25) is 10.2 Å². The van der Waals surface area contributed by atoms with Crippen LogP contribution in [0.4, 0.5) is 0 Å². The minimum atomic E-state index is -0.161. The summed E-state index contributed by atoms with van der Waals surface area (Å²) in [5, 5.41) is 10.7. The van der Waals surface area contributed by atoms with Crippen molar-refractivity contribution in [2.45, 2.75) is 32.7 Å². The quantitative estimate of drug-likeness (QED) is 0.174. The molecule has 0 saturated heterocycles. The highest BCUT2D eigenvalue weighted by atomic mass is 16.5. The SMILES string of the molecule is CCOC(=N)c1ccc(OCCCCCOc2ccc(C(=O)NCc3ccccc3)cc2OC)cc1. The van der Waals surface area contributed by atoms with Gasteiger partial charge in [-0.05, 0) is 74.2 Å². The first kappa shape index (κ1) is 26.6. The number of nitrogens with one attached hydrogen (secondary N) is 2. The monoisotopic (exact) mass is 490 g/mol. The third-order valence-electron chi connectivity index (χ3n) is 5.44. The molecule has 3 rings (SSSR count). The zero-order valence-corrected chi connectivity index (χ0v) is 20.9. The second-order valence-corrected chi connectivity index (χ2v) is 8.08. The third-order valence-corrected chi connectivity index (χ3v) is 5.44. The van der Waals surface area contributed by atoms with Crippen LogP contribution < -0.4 is 19.5 Å². The Bertz CT molecular complexity index is 1100. The van der Waals surface area contributed by atoms with Gasteiger partial charge in [-0.25, -0.2) is 0 Å². The van der Waals surface area contributed by atoms with E-state index < -0.39 is 0 Å². The van der Waals surface area contributed by atoms with E-state index in [1.807, 2.05) is 61.5 Å². The van der Waals surface area contributed by atoms with Crippen molar-refractivity contribution in [1.29, 1.82) is 5.41 Å². The first-order valence-corrected chi connectivity index (χ1v) is 12.2. The van der Waals surface area contributed by atoms with Crippen molar-refractivity contribution in [2.75, 3.05) is 26.9 Å². The van der Waals surface area contributed by atoms with Crippen molar-refractivity contribution in [3.63, 3.8) is 0 Å². The van der Waals surface area contributed by atoms with Crippen LogP contribution in [0.1, 0.15) is 47.7 Å². The number of hydrogen-bond donors (Lipinski definition) is 2. The lowest BCUT2D eigenvalue weighted by Crippen LogP contribution is -2.22. The van der Waals surface area contributed by atoms with Gasteiger partial charge in [0.2, 0.25) is 5.90 Å². The van der Waals surface area contributed by atoms with Crippen molar-refractivity contribution in [3.8, 4) is 17.2 Å². The summed E-state index contributed by atoms with van der Waals surface area (Å²) in [4.78, 5) is 12.5. The molecule has 0 atom stereocenters. The van der Waals surface area contributed by atoms with Gasteiger partial charge in [-0.15, -0.1) is 0 Å². The maximum atomic E-state index is 12.5. The molecule has 0 aliphatic heterocycles. The van der Waals surface area contributed by atoms with Crippen molar-refractivity contribution < 1.29 is 23.7 Å². The highest BCUT2D eigenvalue weighted by molar-refractivity contribution is 5.94. The normalized spacial score (nSPS) is 10.4. The van der Waals surface area contributed by atoms with Crippen LogP contribution in [0.3, 0.4) is 0 Å². The molecule has 2 N–H and O–H groups in total. The van der Waals surface area contributed by atoms with Crippen molar-refractivity contribution in [3.05, 3.63) is 89.5 Å². The molecule has 0 fully saturated rings. The Morgan fingerprint density at radius 2 is 1.53 bits per heavy atom. The molecule has 1 amide bonds. The number of carbonyl (C=O) groups excluding carboxylic acids is 1. The fraction of sp³-hybridized carbons (Fsp3) is 0.310. The molecule has 36 heavy (non-hydrogen) atoms. The second kappa shape index (κ2) is 14.4. The van der Waals surface area contributed by atoms with Crippen LogP contribution in [-0.2, 0) is 11.3 Å². The van der Waals surface area contributed by atoms with Crippen LogP contribution in [0.2, 0.25) is 0 Å². The van der Waals surface area contributed by atoms with Gasteiger partial charge in [-0.2, -0.15) is 0 Å². The Kier molecular flexibility index (Phi) is 10.6. The first-order chi connectivity index (χ1) is 17.6. The highest BCUT2D eigenvalue weighted by Gasteiger charge is 2.11. The number of unbranched alkanes of at least 4 members (excludes halogenated alkanes) is 2. The summed E-state index contributed by atoms with van der Waals surface area (Å²) in [5.74, 6) is 1.93. The van der Waals surface area contributed by atoms with E-state index in [1.165, 1.54) is 0 Å². The lowest BCUT2D eigenvalue weighted by Gasteiger charge is -2.13. The topological polar surface area (TPSA) is 89.9 Å². The zero-order chi connectivity index (χ0) is 25.6. The summed E-state index contributed by atoms with van der Waals surface area (Å²) in [6, 6.07) is 22.3. The van der Waals surface area contributed by atoms with Crippen LogP contribution in [0, 0.1) is 5.41 Å². The van der Waals surface area contributed by atoms with E-state index in [9.17, 15) is 4.79 Å². The van der Waals surface area contributed by atoms with Crippen LogP contribution in [-0.4, -0.2) is 38.7 Å². The van der Waals surface area contributed by atoms with Crippen LogP contribution >= 0.6 is 0 Å². The maximum absolute atomic E-state index is 12.5. The number of ether oxygens (including phenoxy) is 4.